The lowest BCUT2D eigenvalue weighted by atomic mass is 10.1. The summed E-state index contributed by atoms with van der Waals surface area (Å²) in [4.78, 5) is 3.09. The van der Waals surface area contributed by atoms with Gasteiger partial charge < -0.3 is 10.6 Å². The zero-order valence-electron chi connectivity index (χ0n) is 10.9. The minimum atomic E-state index is -0.229. The van der Waals surface area contributed by atoms with Crippen molar-refractivity contribution in [3.8, 4) is 0 Å². The molecule has 19 heavy (non-hydrogen) atoms. The van der Waals surface area contributed by atoms with Gasteiger partial charge in [-0.3, -0.25) is 0 Å². The minimum absolute atomic E-state index is 0.151. The van der Waals surface area contributed by atoms with E-state index in [9.17, 15) is 4.39 Å². The van der Waals surface area contributed by atoms with Crippen LogP contribution in [-0.4, -0.2) is 7.05 Å². The predicted molar refractivity (Wildman–Crippen MR) is 83.1 cm³/mol. The van der Waals surface area contributed by atoms with Crippen molar-refractivity contribution in [3.05, 3.63) is 50.4 Å². The first-order valence-corrected chi connectivity index (χ1v) is 7.63. The fourth-order valence-corrected chi connectivity index (χ4v) is 3.38. The number of anilines is 1. The number of benzene rings is 1. The fraction of sp³-hybridized carbons (Fsp3) is 0.286. The molecular formula is C14H16BrFN2S. The number of nitrogens with two attached hydrogens (primary N) is 1. The molecule has 0 aliphatic rings. The van der Waals surface area contributed by atoms with E-state index in [1.807, 2.05) is 30.3 Å². The van der Waals surface area contributed by atoms with Gasteiger partial charge in [-0.25, -0.2) is 4.39 Å². The molecule has 2 nitrogen and oxygen atoms in total. The van der Waals surface area contributed by atoms with E-state index in [4.69, 9.17) is 5.73 Å². The Labute approximate surface area is 125 Å². The fourth-order valence-electron chi connectivity index (χ4n) is 1.87. The Morgan fingerprint density at radius 3 is 2.68 bits per heavy atom. The number of thiophene rings is 1. The molecule has 1 aromatic heterocycles. The average molecular weight is 343 g/mol. The highest BCUT2D eigenvalue weighted by molar-refractivity contribution is 9.10. The molecule has 1 atom stereocenters. The summed E-state index contributed by atoms with van der Waals surface area (Å²) in [5, 5.41) is 2.03. The van der Waals surface area contributed by atoms with Crippen LogP contribution in [-0.2, 0) is 6.54 Å². The molecule has 0 aliphatic carbocycles. The van der Waals surface area contributed by atoms with Crippen LogP contribution in [0.4, 0.5) is 10.1 Å². The number of nitrogens with zero attached hydrogens (tertiary/aromatic N) is 1. The predicted octanol–water partition coefficient (Wildman–Crippen LogP) is 4.31. The van der Waals surface area contributed by atoms with Crippen LogP contribution in [0.5, 0.6) is 0 Å². The summed E-state index contributed by atoms with van der Waals surface area (Å²) >= 11 is 5.08. The van der Waals surface area contributed by atoms with Gasteiger partial charge in [-0.2, -0.15) is 0 Å². The average Bonchev–Trinajstić information content (AvgIpc) is 2.74. The largest absolute Gasteiger partial charge is 0.367 e. The summed E-state index contributed by atoms with van der Waals surface area (Å²) in [5.74, 6) is -0.229. The van der Waals surface area contributed by atoms with Gasteiger partial charge in [0.05, 0.1) is 12.2 Å². The number of hydrogen-bond donors (Lipinski definition) is 1. The second-order valence-corrected chi connectivity index (χ2v) is 6.50. The topological polar surface area (TPSA) is 29.3 Å². The number of rotatable bonds is 4. The molecule has 2 rings (SSSR count). The molecule has 0 spiro atoms. The van der Waals surface area contributed by atoms with Crippen molar-refractivity contribution in [2.24, 2.45) is 5.73 Å². The molecule has 0 unspecified atom stereocenters. The van der Waals surface area contributed by atoms with E-state index in [0.717, 1.165) is 10.0 Å². The van der Waals surface area contributed by atoms with Crippen LogP contribution in [0.2, 0.25) is 0 Å². The van der Waals surface area contributed by atoms with E-state index in [0.29, 0.717) is 12.2 Å². The summed E-state index contributed by atoms with van der Waals surface area (Å²) in [6.07, 6.45) is 0. The lowest BCUT2D eigenvalue weighted by molar-refractivity contribution is 0.617. The van der Waals surface area contributed by atoms with Crippen LogP contribution in [0.1, 0.15) is 23.4 Å². The molecule has 2 N–H and O–H groups in total. The second-order valence-electron chi connectivity index (χ2n) is 4.59. The van der Waals surface area contributed by atoms with Gasteiger partial charge in [0.2, 0.25) is 0 Å². The van der Waals surface area contributed by atoms with Crippen molar-refractivity contribution in [3.63, 3.8) is 0 Å². The highest BCUT2D eigenvalue weighted by Gasteiger charge is 2.11. The Balaban J connectivity index is 2.17. The van der Waals surface area contributed by atoms with Gasteiger partial charge in [0.25, 0.3) is 0 Å². The van der Waals surface area contributed by atoms with Crippen LogP contribution >= 0.6 is 27.3 Å². The highest BCUT2D eigenvalue weighted by Crippen LogP contribution is 2.26. The molecule has 1 aromatic carbocycles. The van der Waals surface area contributed by atoms with Crippen LogP contribution in [0, 0.1) is 5.82 Å². The van der Waals surface area contributed by atoms with Gasteiger partial charge in [0, 0.05) is 27.8 Å². The van der Waals surface area contributed by atoms with Crippen molar-refractivity contribution in [1.29, 1.82) is 0 Å². The van der Waals surface area contributed by atoms with Crippen molar-refractivity contribution in [2.75, 3.05) is 11.9 Å². The summed E-state index contributed by atoms with van der Waals surface area (Å²) in [5.41, 5.74) is 7.16. The van der Waals surface area contributed by atoms with E-state index in [-0.39, 0.29) is 11.9 Å². The molecule has 0 radical (unpaired) electrons. The molecule has 0 aliphatic heterocycles. The first kappa shape index (κ1) is 14.5. The van der Waals surface area contributed by atoms with E-state index in [2.05, 4.69) is 22.0 Å². The molecule has 2 aromatic rings. The summed E-state index contributed by atoms with van der Waals surface area (Å²) in [6.45, 7) is 2.53. The number of hydrogen-bond acceptors (Lipinski definition) is 3. The van der Waals surface area contributed by atoms with E-state index in [1.165, 1.54) is 10.9 Å². The van der Waals surface area contributed by atoms with E-state index >= 15 is 0 Å². The van der Waals surface area contributed by atoms with Crippen LogP contribution < -0.4 is 10.6 Å². The third-order valence-corrected chi connectivity index (χ3v) is 4.61. The van der Waals surface area contributed by atoms with Crippen molar-refractivity contribution in [2.45, 2.75) is 19.5 Å². The van der Waals surface area contributed by atoms with Gasteiger partial charge >= 0.3 is 0 Å². The van der Waals surface area contributed by atoms with Crippen LogP contribution in [0.15, 0.2) is 34.1 Å². The maximum atomic E-state index is 14.1. The molecule has 1 heterocycles. The zero-order chi connectivity index (χ0) is 14.0. The monoisotopic (exact) mass is 342 g/mol. The smallest absolute Gasteiger partial charge is 0.146 e. The molecule has 102 valence electrons. The Hall–Kier alpha value is -0.910. The van der Waals surface area contributed by atoms with Crippen LogP contribution in [0.25, 0.3) is 0 Å². The molecule has 5 heteroatoms. The molecule has 0 bridgehead atoms. The van der Waals surface area contributed by atoms with Crippen molar-refractivity contribution >= 4 is 33.0 Å². The Bertz CT molecular complexity index is 568. The molecule has 0 saturated carbocycles. The van der Waals surface area contributed by atoms with Crippen molar-refractivity contribution in [1.82, 2.24) is 0 Å². The van der Waals surface area contributed by atoms with Gasteiger partial charge in [-0.05, 0) is 46.6 Å². The van der Waals surface area contributed by atoms with Crippen molar-refractivity contribution < 1.29 is 4.39 Å². The first-order valence-electron chi connectivity index (χ1n) is 5.96. The van der Waals surface area contributed by atoms with Crippen LogP contribution in [0.3, 0.4) is 0 Å². The molecule has 0 saturated heterocycles. The highest BCUT2D eigenvalue weighted by atomic mass is 79.9. The Kier molecular flexibility index (Phi) is 4.60. The lowest BCUT2D eigenvalue weighted by Gasteiger charge is -2.20. The normalized spacial score (nSPS) is 12.5. The van der Waals surface area contributed by atoms with E-state index < -0.39 is 0 Å². The first-order chi connectivity index (χ1) is 8.97. The van der Waals surface area contributed by atoms with Gasteiger partial charge in [0.15, 0.2) is 0 Å². The maximum Gasteiger partial charge on any atom is 0.146 e. The van der Waals surface area contributed by atoms with Gasteiger partial charge in [-0.1, -0.05) is 6.07 Å². The summed E-state index contributed by atoms with van der Waals surface area (Å²) in [6, 6.07) is 7.08. The summed E-state index contributed by atoms with van der Waals surface area (Å²) in [7, 11) is 1.89. The summed E-state index contributed by atoms with van der Waals surface area (Å²) < 4.78 is 15.1. The standard InChI is InChI=1S/C14H16BrFN2S/c1-9(17)10-3-4-14(13(16)5-10)18(2)7-12-6-11(15)8-19-12/h3-6,8-9H,7,17H2,1-2H3/t9-/m1/s1. The maximum absolute atomic E-state index is 14.1. The number of halogens is 2. The molecule has 0 amide bonds. The quantitative estimate of drug-likeness (QED) is 0.897. The minimum Gasteiger partial charge on any atom is -0.367 e. The van der Waals surface area contributed by atoms with E-state index in [1.54, 1.807) is 17.4 Å². The Morgan fingerprint density at radius 2 is 2.16 bits per heavy atom. The molecular weight excluding hydrogens is 327 g/mol. The van der Waals surface area contributed by atoms with Gasteiger partial charge in [0.1, 0.15) is 5.82 Å². The third-order valence-electron chi connectivity index (χ3n) is 2.92. The molecule has 0 fully saturated rings. The van der Waals surface area contributed by atoms with Gasteiger partial charge in [-0.15, -0.1) is 11.3 Å². The second kappa shape index (κ2) is 6.03. The Morgan fingerprint density at radius 1 is 1.42 bits per heavy atom. The SMILES string of the molecule is C[C@@H](N)c1ccc(N(C)Cc2cc(Br)cs2)c(F)c1. The third kappa shape index (κ3) is 3.55. The lowest BCUT2D eigenvalue weighted by Crippen LogP contribution is -2.17. The zero-order valence-corrected chi connectivity index (χ0v) is 13.3.